The number of fused-ring (bicyclic) bond motifs is 1. The maximum atomic E-state index is 13.5. The largest absolute Gasteiger partial charge is 0.258 e. The Kier molecular flexibility index (Phi) is 5.06. The summed E-state index contributed by atoms with van der Waals surface area (Å²) in [6.45, 7) is 0. The van der Waals surface area contributed by atoms with E-state index in [0.717, 1.165) is 0 Å². The molecule has 4 rings (SSSR count). The van der Waals surface area contributed by atoms with Crippen molar-refractivity contribution in [2.45, 2.75) is 0 Å². The normalized spacial score (nSPS) is 11.2. The molecule has 3 aromatic carbocycles. The Bertz CT molecular complexity index is 1280. The van der Waals surface area contributed by atoms with Gasteiger partial charge in [0.15, 0.2) is 4.54 Å². The third-order valence-corrected chi connectivity index (χ3v) is 5.43. The summed E-state index contributed by atoms with van der Waals surface area (Å²) in [7, 11) is 0. The lowest BCUT2D eigenvalue weighted by molar-refractivity contribution is -0.582. The standard InChI is InChI=1S/C20H10Cl4FN2O/c21-11-8-15(13-5-4-12(25)10-18(13)24)14-6-7-26(28)27(19(14)9-11)20-16(22)2-1-3-17(20)23/h1-10H/q+1. The van der Waals surface area contributed by atoms with Gasteiger partial charge in [-0.15, -0.1) is 0 Å². The molecule has 0 bridgehead atoms. The number of benzene rings is 3. The Balaban J connectivity index is 2.14. The van der Waals surface area contributed by atoms with Crippen molar-refractivity contribution in [3.05, 3.63) is 91.6 Å². The zero-order valence-corrected chi connectivity index (χ0v) is 17.0. The first-order chi connectivity index (χ1) is 13.4. The molecule has 0 aliphatic heterocycles. The van der Waals surface area contributed by atoms with E-state index in [0.29, 0.717) is 47.3 Å². The minimum atomic E-state index is -0.449. The van der Waals surface area contributed by atoms with E-state index < -0.39 is 5.82 Å². The first kappa shape index (κ1) is 19.2. The molecule has 140 valence electrons. The molecule has 1 aromatic heterocycles. The van der Waals surface area contributed by atoms with Gasteiger partial charge in [-0.1, -0.05) is 57.2 Å². The second kappa shape index (κ2) is 7.37. The SMILES string of the molecule is O=[n+]1ccc2c(-c3ccc(F)cc3Cl)cc(Cl)cc2n1-c1c(Cl)cccc1Cl. The molecular formula is C20H10Cl4FN2O+. The summed E-state index contributed by atoms with van der Waals surface area (Å²) < 4.78 is 15.4. The highest BCUT2D eigenvalue weighted by Crippen LogP contribution is 2.37. The van der Waals surface area contributed by atoms with Crippen LogP contribution in [0.4, 0.5) is 4.39 Å². The number of hydrogen-bond acceptors (Lipinski definition) is 1. The molecule has 0 radical (unpaired) electrons. The van der Waals surface area contributed by atoms with Gasteiger partial charge in [-0.25, -0.2) is 4.39 Å². The van der Waals surface area contributed by atoms with E-state index in [4.69, 9.17) is 46.4 Å². The molecule has 3 nitrogen and oxygen atoms in total. The van der Waals surface area contributed by atoms with E-state index in [1.165, 1.54) is 23.0 Å². The predicted octanol–water partition coefficient (Wildman–Crippen LogP) is 6.96. The quantitative estimate of drug-likeness (QED) is 0.300. The summed E-state index contributed by atoms with van der Waals surface area (Å²) in [6, 6.07) is 14.0. The molecular weight excluding hydrogens is 445 g/mol. The highest BCUT2D eigenvalue weighted by Gasteiger charge is 2.21. The number of hydrogen-bond donors (Lipinski definition) is 0. The first-order valence-electron chi connectivity index (χ1n) is 8.04. The van der Waals surface area contributed by atoms with Crippen molar-refractivity contribution in [2.75, 3.05) is 0 Å². The van der Waals surface area contributed by atoms with Crippen LogP contribution in [0.5, 0.6) is 0 Å². The molecule has 0 atom stereocenters. The van der Waals surface area contributed by atoms with Crippen molar-refractivity contribution in [3.8, 4) is 16.8 Å². The molecule has 0 spiro atoms. The number of nitrogens with zero attached hydrogens (tertiary/aromatic N) is 2. The molecule has 0 saturated carbocycles. The van der Waals surface area contributed by atoms with Crippen molar-refractivity contribution >= 4 is 57.3 Å². The summed E-state index contributed by atoms with van der Waals surface area (Å²) in [5.41, 5.74) is 2.02. The van der Waals surface area contributed by atoms with Gasteiger partial charge >= 0.3 is 0 Å². The third-order valence-electron chi connectivity index (χ3n) is 4.29. The fourth-order valence-electron chi connectivity index (χ4n) is 3.11. The summed E-state index contributed by atoms with van der Waals surface area (Å²) in [5.74, 6) is -0.449. The molecule has 1 heterocycles. The molecule has 28 heavy (non-hydrogen) atoms. The molecule has 0 fully saturated rings. The van der Waals surface area contributed by atoms with Crippen molar-refractivity contribution in [3.63, 3.8) is 0 Å². The Morgan fingerprint density at radius 1 is 0.821 bits per heavy atom. The minimum absolute atomic E-state index is 0.227. The van der Waals surface area contributed by atoms with Crippen LogP contribution in [0, 0.1) is 10.7 Å². The van der Waals surface area contributed by atoms with E-state index in [1.54, 1.807) is 42.5 Å². The Morgan fingerprint density at radius 3 is 2.21 bits per heavy atom. The van der Waals surface area contributed by atoms with Crippen molar-refractivity contribution in [1.82, 2.24) is 4.68 Å². The third kappa shape index (κ3) is 3.27. The van der Waals surface area contributed by atoms with Gasteiger partial charge in [0.05, 0.1) is 20.0 Å². The van der Waals surface area contributed by atoms with E-state index in [2.05, 4.69) is 0 Å². The topological polar surface area (TPSA) is 27.9 Å². The highest BCUT2D eigenvalue weighted by molar-refractivity contribution is 6.38. The van der Waals surface area contributed by atoms with E-state index in [1.807, 2.05) is 0 Å². The van der Waals surface area contributed by atoms with Gasteiger partial charge in [0.1, 0.15) is 17.0 Å². The van der Waals surface area contributed by atoms with Crippen LogP contribution in [0.1, 0.15) is 0 Å². The maximum Gasteiger partial charge on any atom is 0.258 e. The first-order valence-corrected chi connectivity index (χ1v) is 9.55. The molecule has 0 N–H and O–H groups in total. The van der Waals surface area contributed by atoms with Gasteiger partial charge in [-0.2, -0.15) is 0 Å². The van der Waals surface area contributed by atoms with Crippen LogP contribution in [0.25, 0.3) is 27.7 Å². The van der Waals surface area contributed by atoms with Gasteiger partial charge in [-0.05, 0) is 48.0 Å². The summed E-state index contributed by atoms with van der Waals surface area (Å²) >= 11 is 25.2. The van der Waals surface area contributed by atoms with E-state index >= 15 is 0 Å². The van der Waals surface area contributed by atoms with Gasteiger partial charge in [0, 0.05) is 22.0 Å². The van der Waals surface area contributed by atoms with Gasteiger partial charge < -0.3 is 0 Å². The van der Waals surface area contributed by atoms with Crippen LogP contribution < -0.4 is 4.54 Å². The zero-order chi connectivity index (χ0) is 20.0. The molecule has 4 aromatic rings. The summed E-state index contributed by atoms with van der Waals surface area (Å²) in [4.78, 5) is 12.7. The fraction of sp³-hybridized carbons (Fsp3) is 0. The molecule has 0 saturated heterocycles. The van der Waals surface area contributed by atoms with E-state index in [9.17, 15) is 9.30 Å². The molecule has 0 aliphatic rings. The molecule has 0 unspecified atom stereocenters. The molecule has 8 heteroatoms. The Labute approximate surface area is 179 Å². The van der Waals surface area contributed by atoms with Gasteiger partial charge in [0.2, 0.25) is 0 Å². The van der Waals surface area contributed by atoms with Crippen molar-refractivity contribution in [2.24, 2.45) is 0 Å². The van der Waals surface area contributed by atoms with Crippen LogP contribution >= 0.6 is 46.4 Å². The minimum Gasteiger partial charge on any atom is -0.207 e. The van der Waals surface area contributed by atoms with Crippen LogP contribution in [0.2, 0.25) is 20.1 Å². The maximum absolute atomic E-state index is 13.5. The summed E-state index contributed by atoms with van der Waals surface area (Å²) in [5, 5.41) is 1.86. The Morgan fingerprint density at radius 2 is 1.54 bits per heavy atom. The fourth-order valence-corrected chi connectivity index (χ4v) is 4.15. The van der Waals surface area contributed by atoms with Crippen LogP contribution in [-0.2, 0) is 0 Å². The number of halogens is 5. The lowest BCUT2D eigenvalue weighted by Gasteiger charge is -2.12. The van der Waals surface area contributed by atoms with Crippen molar-refractivity contribution < 1.29 is 8.93 Å². The zero-order valence-electron chi connectivity index (χ0n) is 14.0. The molecule has 0 aliphatic carbocycles. The van der Waals surface area contributed by atoms with Crippen molar-refractivity contribution in [1.29, 1.82) is 0 Å². The highest BCUT2D eigenvalue weighted by atomic mass is 35.5. The van der Waals surface area contributed by atoms with Crippen LogP contribution in [0.3, 0.4) is 0 Å². The second-order valence-electron chi connectivity index (χ2n) is 6.01. The average molecular weight is 455 g/mol. The smallest absolute Gasteiger partial charge is 0.207 e. The van der Waals surface area contributed by atoms with Gasteiger partial charge in [0.25, 0.3) is 6.20 Å². The number of para-hydroxylation sites is 1. The van der Waals surface area contributed by atoms with E-state index in [-0.39, 0.29) is 5.02 Å². The van der Waals surface area contributed by atoms with Crippen LogP contribution in [0.15, 0.2) is 60.8 Å². The lowest BCUT2D eigenvalue weighted by atomic mass is 10.0. The van der Waals surface area contributed by atoms with Crippen LogP contribution in [-0.4, -0.2) is 4.68 Å². The lowest BCUT2D eigenvalue weighted by Crippen LogP contribution is -2.29. The predicted molar refractivity (Wildman–Crippen MR) is 112 cm³/mol. The summed E-state index contributed by atoms with van der Waals surface area (Å²) in [6.07, 6.45) is 1.33. The number of aromatic nitrogens is 2. The average Bonchev–Trinajstić information content (AvgIpc) is 2.62. The second-order valence-corrected chi connectivity index (χ2v) is 7.67. The Hall–Kier alpha value is -2.11. The van der Waals surface area contributed by atoms with Gasteiger partial charge in [-0.3, -0.25) is 0 Å². The molecule has 0 amide bonds. The monoisotopic (exact) mass is 453 g/mol. The number of rotatable bonds is 2.